The summed E-state index contributed by atoms with van der Waals surface area (Å²) in [5.74, 6) is 0. The Morgan fingerprint density at radius 3 is 1.92 bits per heavy atom. The van der Waals surface area contributed by atoms with Gasteiger partial charge in [0.25, 0.3) is 5.56 Å². The Kier molecular flexibility index (Phi) is 4.06. The normalized spacial score (nSPS) is 14.4. The summed E-state index contributed by atoms with van der Waals surface area (Å²) in [7, 11) is 0. The van der Waals surface area contributed by atoms with Crippen LogP contribution in [0.25, 0.3) is 32.9 Å². The van der Waals surface area contributed by atoms with Crippen LogP contribution in [0, 0.1) is 13.8 Å². The summed E-state index contributed by atoms with van der Waals surface area (Å²) in [6.07, 6.45) is 0. The Morgan fingerprint density at radius 2 is 1.21 bits per heavy atom. The number of fused-ring (bicyclic) bond motifs is 10. The maximum atomic E-state index is 14.3. The van der Waals surface area contributed by atoms with Crippen molar-refractivity contribution in [3.63, 3.8) is 0 Å². The van der Waals surface area contributed by atoms with E-state index in [0.29, 0.717) is 0 Å². The summed E-state index contributed by atoms with van der Waals surface area (Å²) in [5, 5.41) is 2.86. The predicted octanol–water partition coefficient (Wildman–Crippen LogP) is 7.83. The molecule has 6 aromatic rings. The average molecular weight is 488 g/mol. The van der Waals surface area contributed by atoms with Gasteiger partial charge in [0.1, 0.15) is 0 Å². The Bertz CT molecular complexity index is 2040. The first-order valence-corrected chi connectivity index (χ1v) is 13.1. The van der Waals surface area contributed by atoms with E-state index in [4.69, 9.17) is 0 Å². The fourth-order valence-electron chi connectivity index (χ4n) is 7.17. The van der Waals surface area contributed by atoms with Gasteiger partial charge in [0.2, 0.25) is 0 Å². The van der Waals surface area contributed by atoms with Gasteiger partial charge >= 0.3 is 0 Å². The molecule has 38 heavy (non-hydrogen) atoms. The van der Waals surface area contributed by atoms with Crippen molar-refractivity contribution >= 4 is 27.2 Å². The second-order valence-electron chi connectivity index (χ2n) is 10.7. The second-order valence-corrected chi connectivity index (χ2v) is 10.7. The van der Waals surface area contributed by atoms with E-state index in [-0.39, 0.29) is 5.56 Å². The highest BCUT2D eigenvalue weighted by Crippen LogP contribution is 2.58. The summed E-state index contributed by atoms with van der Waals surface area (Å²) in [5.41, 5.74) is 11.8. The first kappa shape index (κ1) is 21.4. The first-order chi connectivity index (χ1) is 18.5. The van der Waals surface area contributed by atoms with Gasteiger partial charge in [-0.05, 0) is 76.4 Å². The lowest BCUT2D eigenvalue weighted by atomic mass is 9.57. The maximum absolute atomic E-state index is 14.3. The zero-order valence-electron chi connectivity index (χ0n) is 21.4. The molecule has 2 heterocycles. The van der Waals surface area contributed by atoms with Crippen LogP contribution in [-0.2, 0) is 5.41 Å². The van der Waals surface area contributed by atoms with Crippen molar-refractivity contribution in [1.29, 1.82) is 0 Å². The van der Waals surface area contributed by atoms with Gasteiger partial charge in [-0.15, -0.1) is 0 Å². The Labute approximate surface area is 221 Å². The van der Waals surface area contributed by atoms with Crippen molar-refractivity contribution in [1.82, 2.24) is 4.57 Å². The highest BCUT2D eigenvalue weighted by molar-refractivity contribution is 6.09. The number of rotatable bonds is 0. The predicted molar refractivity (Wildman–Crippen MR) is 157 cm³/mol. The van der Waals surface area contributed by atoms with Crippen LogP contribution in [0.2, 0.25) is 0 Å². The van der Waals surface area contributed by atoms with E-state index in [1.807, 2.05) is 22.8 Å². The standard InChI is InChI=1S/C36H25NO/c1-21-16-17-33-31(19-21)36(29-14-8-6-10-24(29)23(3)25-11-7-9-15-30(25)36)32-20-22(2)18-28-26-12-4-5-13-27(26)35(38)37(33)34(28)32/h4-20H,3H2,1-2H3. The van der Waals surface area contributed by atoms with Crippen molar-refractivity contribution in [2.24, 2.45) is 0 Å². The molecule has 0 atom stereocenters. The van der Waals surface area contributed by atoms with Gasteiger partial charge in [-0.3, -0.25) is 9.36 Å². The third-order valence-corrected chi connectivity index (χ3v) is 8.64. The van der Waals surface area contributed by atoms with Crippen LogP contribution in [0.5, 0.6) is 0 Å². The van der Waals surface area contributed by atoms with Gasteiger partial charge in [0.15, 0.2) is 0 Å². The van der Waals surface area contributed by atoms with Crippen LogP contribution in [0.4, 0.5) is 0 Å². The number of aryl methyl sites for hydroxylation is 2. The molecule has 2 nitrogen and oxygen atoms in total. The number of hydrogen-bond donors (Lipinski definition) is 0. The lowest BCUT2D eigenvalue weighted by Crippen LogP contribution is -2.41. The van der Waals surface area contributed by atoms with Crippen LogP contribution in [0.15, 0.2) is 115 Å². The molecule has 1 aliphatic heterocycles. The van der Waals surface area contributed by atoms with Gasteiger partial charge in [-0.2, -0.15) is 0 Å². The van der Waals surface area contributed by atoms with E-state index in [9.17, 15) is 4.79 Å². The molecule has 2 aliphatic rings. The van der Waals surface area contributed by atoms with E-state index in [1.54, 1.807) is 0 Å². The van der Waals surface area contributed by atoms with E-state index in [2.05, 4.69) is 105 Å². The summed E-state index contributed by atoms with van der Waals surface area (Å²) in [6.45, 7) is 8.86. The molecule has 8 rings (SSSR count). The zero-order valence-corrected chi connectivity index (χ0v) is 21.4. The Hall–Kier alpha value is -4.69. The molecule has 1 aromatic heterocycles. The molecular weight excluding hydrogens is 462 g/mol. The fourth-order valence-corrected chi connectivity index (χ4v) is 7.17. The molecule has 1 spiro atoms. The number of nitrogens with zero attached hydrogens (tertiary/aromatic N) is 1. The molecule has 2 heteroatoms. The van der Waals surface area contributed by atoms with E-state index in [1.165, 1.54) is 22.3 Å². The largest absolute Gasteiger partial charge is 0.276 e. The monoisotopic (exact) mass is 487 g/mol. The lowest BCUT2D eigenvalue weighted by Gasteiger charge is -2.46. The second kappa shape index (κ2) is 7.20. The minimum atomic E-state index is -0.588. The smallest absolute Gasteiger partial charge is 0.263 e. The molecule has 0 N–H and O–H groups in total. The maximum Gasteiger partial charge on any atom is 0.263 e. The molecule has 0 bridgehead atoms. The highest BCUT2D eigenvalue weighted by atomic mass is 16.1. The van der Waals surface area contributed by atoms with Crippen LogP contribution < -0.4 is 5.56 Å². The molecule has 0 unspecified atom stereocenters. The van der Waals surface area contributed by atoms with E-state index >= 15 is 0 Å². The minimum absolute atomic E-state index is 0.0277. The topological polar surface area (TPSA) is 22.0 Å². The summed E-state index contributed by atoms with van der Waals surface area (Å²) >= 11 is 0. The van der Waals surface area contributed by atoms with Crippen molar-refractivity contribution in [3.8, 4) is 5.69 Å². The van der Waals surface area contributed by atoms with Gasteiger partial charge in [0, 0.05) is 10.8 Å². The van der Waals surface area contributed by atoms with Crippen LogP contribution in [0.3, 0.4) is 0 Å². The number of benzene rings is 5. The number of aromatic nitrogens is 1. The first-order valence-electron chi connectivity index (χ1n) is 13.1. The van der Waals surface area contributed by atoms with Gasteiger partial charge in [-0.1, -0.05) is 103 Å². The Morgan fingerprint density at radius 1 is 0.605 bits per heavy atom. The summed E-state index contributed by atoms with van der Waals surface area (Å²) in [6, 6.07) is 36.5. The Balaban J connectivity index is 1.74. The SMILES string of the molecule is C=C1c2ccccc2C2(c3ccccc31)c1cc(C)ccc1-n1c(=O)c3ccccc3c3cc(C)cc2c31. The molecule has 0 amide bonds. The molecule has 0 radical (unpaired) electrons. The molecule has 5 aromatic carbocycles. The minimum Gasteiger partial charge on any atom is -0.276 e. The third-order valence-electron chi connectivity index (χ3n) is 8.64. The molecule has 0 saturated heterocycles. The van der Waals surface area contributed by atoms with Gasteiger partial charge < -0.3 is 0 Å². The highest BCUT2D eigenvalue weighted by Gasteiger charge is 2.49. The average Bonchev–Trinajstić information content (AvgIpc) is 2.94. The van der Waals surface area contributed by atoms with E-state index in [0.717, 1.165) is 55.2 Å². The van der Waals surface area contributed by atoms with E-state index < -0.39 is 5.41 Å². The molecular formula is C36H25NO. The molecule has 0 saturated carbocycles. The van der Waals surface area contributed by atoms with Gasteiger partial charge in [-0.25, -0.2) is 0 Å². The summed E-state index contributed by atoms with van der Waals surface area (Å²) < 4.78 is 1.97. The van der Waals surface area contributed by atoms with Crippen LogP contribution in [0.1, 0.15) is 44.5 Å². The fraction of sp³-hybridized carbons (Fsp3) is 0.0833. The van der Waals surface area contributed by atoms with Crippen molar-refractivity contribution in [2.45, 2.75) is 19.3 Å². The molecule has 0 fully saturated rings. The third kappa shape index (κ3) is 2.41. The van der Waals surface area contributed by atoms with Crippen LogP contribution in [-0.4, -0.2) is 4.57 Å². The molecule has 1 aliphatic carbocycles. The quantitative estimate of drug-likeness (QED) is 0.200. The number of hydrogen-bond acceptors (Lipinski definition) is 1. The van der Waals surface area contributed by atoms with Crippen molar-refractivity contribution < 1.29 is 0 Å². The van der Waals surface area contributed by atoms with Crippen LogP contribution >= 0.6 is 0 Å². The molecule has 180 valence electrons. The zero-order chi connectivity index (χ0) is 25.8. The number of pyridine rings is 1. The van der Waals surface area contributed by atoms with Gasteiger partial charge in [0.05, 0.1) is 16.6 Å². The summed E-state index contributed by atoms with van der Waals surface area (Å²) in [4.78, 5) is 14.3. The van der Waals surface area contributed by atoms with Crippen molar-refractivity contribution in [3.05, 3.63) is 165 Å². The lowest BCUT2D eigenvalue weighted by molar-refractivity contribution is 0.707. The van der Waals surface area contributed by atoms with Crippen molar-refractivity contribution in [2.75, 3.05) is 0 Å².